The highest BCUT2D eigenvalue weighted by Crippen LogP contribution is 2.50. The third-order valence-corrected chi connectivity index (χ3v) is 5.21. The second-order valence-electron chi connectivity index (χ2n) is 5.95. The number of nitrogens with zero attached hydrogens (tertiary/aromatic N) is 1. The Kier molecular flexibility index (Phi) is 2.73. The number of allylic oxidation sites excluding steroid dienone is 2. The standard InChI is InChI=1S/C16H13ClFNO2/c17-11-7-10(5-6-12(11)18)19-15(20)13-8-1-2-9(4-3-8)14(13)16(19)21/h1-2,5-9,13-14H,3-4H2/t8-,9+,13-,14+. The minimum Gasteiger partial charge on any atom is -0.274 e. The van der Waals surface area contributed by atoms with Gasteiger partial charge in [0.1, 0.15) is 5.82 Å². The van der Waals surface area contributed by atoms with Crippen molar-refractivity contribution in [1.29, 1.82) is 0 Å². The normalized spacial score (nSPS) is 33.7. The van der Waals surface area contributed by atoms with E-state index in [4.69, 9.17) is 11.6 Å². The van der Waals surface area contributed by atoms with E-state index < -0.39 is 5.82 Å². The fraction of sp³-hybridized carbons (Fsp3) is 0.375. The summed E-state index contributed by atoms with van der Waals surface area (Å²) >= 11 is 5.77. The average molecular weight is 306 g/mol. The first-order chi connectivity index (χ1) is 10.1. The SMILES string of the molecule is O=C1[C@@H]2[C@H](C(=O)N1c1ccc(F)c(Cl)c1)[C@@H]1C=C[C@H]2CC1. The Morgan fingerprint density at radius 3 is 2.10 bits per heavy atom. The first-order valence-electron chi connectivity index (χ1n) is 7.09. The van der Waals surface area contributed by atoms with E-state index in [1.165, 1.54) is 23.1 Å². The lowest BCUT2D eigenvalue weighted by Gasteiger charge is -2.38. The molecule has 1 aromatic rings. The Balaban J connectivity index is 1.76. The van der Waals surface area contributed by atoms with E-state index in [1.54, 1.807) is 0 Å². The second-order valence-corrected chi connectivity index (χ2v) is 6.36. The van der Waals surface area contributed by atoms with Crippen LogP contribution in [0.25, 0.3) is 0 Å². The lowest BCUT2D eigenvalue weighted by molar-refractivity contribution is -0.124. The maximum absolute atomic E-state index is 13.3. The van der Waals surface area contributed by atoms with Gasteiger partial charge in [-0.05, 0) is 42.9 Å². The zero-order valence-electron chi connectivity index (χ0n) is 11.1. The first-order valence-corrected chi connectivity index (χ1v) is 7.47. The highest BCUT2D eigenvalue weighted by Gasteiger charge is 2.56. The minimum atomic E-state index is -0.557. The molecule has 3 nitrogen and oxygen atoms in total. The van der Waals surface area contributed by atoms with E-state index in [0.717, 1.165) is 12.8 Å². The summed E-state index contributed by atoms with van der Waals surface area (Å²) in [5, 5.41) is -0.0796. The van der Waals surface area contributed by atoms with Gasteiger partial charge in [-0.1, -0.05) is 23.8 Å². The van der Waals surface area contributed by atoms with Crippen LogP contribution >= 0.6 is 11.6 Å². The summed E-state index contributed by atoms with van der Waals surface area (Å²) in [6.45, 7) is 0. The molecule has 1 aromatic carbocycles. The van der Waals surface area contributed by atoms with Gasteiger partial charge in [-0.2, -0.15) is 0 Å². The summed E-state index contributed by atoms with van der Waals surface area (Å²) in [5.41, 5.74) is 0.366. The third kappa shape index (κ3) is 1.72. The van der Waals surface area contributed by atoms with Crippen LogP contribution < -0.4 is 4.90 Å². The number of rotatable bonds is 1. The number of hydrogen-bond acceptors (Lipinski definition) is 2. The van der Waals surface area contributed by atoms with Gasteiger partial charge >= 0.3 is 0 Å². The fourth-order valence-corrected chi connectivity index (χ4v) is 4.13. The van der Waals surface area contributed by atoms with Crippen molar-refractivity contribution < 1.29 is 14.0 Å². The molecule has 108 valence electrons. The van der Waals surface area contributed by atoms with E-state index in [2.05, 4.69) is 12.2 Å². The number of amides is 2. The molecular formula is C16H13ClFNO2. The van der Waals surface area contributed by atoms with Crippen molar-refractivity contribution >= 4 is 29.1 Å². The van der Waals surface area contributed by atoms with Crippen molar-refractivity contribution in [3.8, 4) is 0 Å². The number of hydrogen-bond donors (Lipinski definition) is 0. The summed E-state index contributed by atoms with van der Waals surface area (Å²) in [4.78, 5) is 26.5. The number of anilines is 1. The van der Waals surface area contributed by atoms with Gasteiger partial charge in [0.15, 0.2) is 0 Å². The summed E-state index contributed by atoms with van der Waals surface area (Å²) < 4.78 is 13.3. The van der Waals surface area contributed by atoms with Gasteiger partial charge in [-0.25, -0.2) is 9.29 Å². The van der Waals surface area contributed by atoms with Crippen LogP contribution in [0.2, 0.25) is 5.02 Å². The van der Waals surface area contributed by atoms with Crippen LogP contribution in [0.5, 0.6) is 0 Å². The van der Waals surface area contributed by atoms with E-state index in [-0.39, 0.29) is 40.5 Å². The molecule has 1 aliphatic heterocycles. The van der Waals surface area contributed by atoms with Gasteiger partial charge in [0.2, 0.25) is 11.8 Å². The highest BCUT2D eigenvalue weighted by atomic mass is 35.5. The maximum Gasteiger partial charge on any atom is 0.238 e. The largest absolute Gasteiger partial charge is 0.274 e. The van der Waals surface area contributed by atoms with Crippen molar-refractivity contribution in [3.05, 3.63) is 41.2 Å². The molecule has 0 aromatic heterocycles. The molecule has 2 bridgehead atoms. The van der Waals surface area contributed by atoms with E-state index >= 15 is 0 Å². The Morgan fingerprint density at radius 1 is 1.05 bits per heavy atom. The summed E-state index contributed by atoms with van der Waals surface area (Å²) in [6.07, 6.45) is 6.06. The number of benzene rings is 1. The second kappa shape index (κ2) is 4.41. The van der Waals surface area contributed by atoms with Gasteiger partial charge < -0.3 is 0 Å². The molecule has 3 aliphatic carbocycles. The number of carbonyl (C=O) groups excluding carboxylic acids is 2. The van der Waals surface area contributed by atoms with Gasteiger partial charge in [0.05, 0.1) is 22.5 Å². The number of fused-ring (bicyclic) bond motifs is 1. The van der Waals surface area contributed by atoms with Crippen molar-refractivity contribution in [3.63, 3.8) is 0 Å². The van der Waals surface area contributed by atoms with Gasteiger partial charge in [0, 0.05) is 0 Å². The van der Waals surface area contributed by atoms with Crippen molar-refractivity contribution in [1.82, 2.24) is 0 Å². The molecule has 21 heavy (non-hydrogen) atoms. The topological polar surface area (TPSA) is 37.4 Å². The molecule has 0 unspecified atom stereocenters. The smallest absolute Gasteiger partial charge is 0.238 e. The Bertz CT molecular complexity index is 655. The first kappa shape index (κ1) is 13.0. The molecule has 5 heteroatoms. The lowest BCUT2D eigenvalue weighted by Crippen LogP contribution is -2.38. The lowest BCUT2D eigenvalue weighted by atomic mass is 9.63. The van der Waals surface area contributed by atoms with Crippen molar-refractivity contribution in [2.24, 2.45) is 23.7 Å². The quantitative estimate of drug-likeness (QED) is 0.590. The summed E-state index contributed by atoms with van der Waals surface area (Å²) in [6, 6.07) is 3.97. The molecular weight excluding hydrogens is 293 g/mol. The van der Waals surface area contributed by atoms with Crippen LogP contribution in [-0.2, 0) is 9.59 Å². The zero-order chi connectivity index (χ0) is 14.7. The van der Waals surface area contributed by atoms with Crippen LogP contribution in [0.3, 0.4) is 0 Å². The molecule has 2 fully saturated rings. The van der Waals surface area contributed by atoms with Gasteiger partial charge in [0.25, 0.3) is 0 Å². The van der Waals surface area contributed by atoms with E-state index in [9.17, 15) is 14.0 Å². The Hall–Kier alpha value is -1.68. The molecule has 1 saturated heterocycles. The van der Waals surface area contributed by atoms with E-state index in [0.29, 0.717) is 5.69 Å². The fourth-order valence-electron chi connectivity index (χ4n) is 3.95. The molecule has 4 atom stereocenters. The molecule has 2 amide bonds. The van der Waals surface area contributed by atoms with Crippen LogP contribution in [0.15, 0.2) is 30.4 Å². The van der Waals surface area contributed by atoms with E-state index in [1.807, 2.05) is 0 Å². The summed E-state index contributed by atoms with van der Waals surface area (Å²) in [7, 11) is 0. The zero-order valence-corrected chi connectivity index (χ0v) is 11.9. The Labute approximate surface area is 126 Å². The molecule has 1 saturated carbocycles. The molecule has 0 spiro atoms. The summed E-state index contributed by atoms with van der Waals surface area (Å²) in [5.74, 6) is -1.12. The highest BCUT2D eigenvalue weighted by molar-refractivity contribution is 6.31. The molecule has 4 aliphatic rings. The van der Waals surface area contributed by atoms with Gasteiger partial charge in [-0.3, -0.25) is 9.59 Å². The van der Waals surface area contributed by atoms with Crippen LogP contribution in [0.1, 0.15) is 12.8 Å². The number of carbonyl (C=O) groups is 2. The van der Waals surface area contributed by atoms with Crippen molar-refractivity contribution in [2.75, 3.05) is 4.90 Å². The Morgan fingerprint density at radius 2 is 1.62 bits per heavy atom. The molecule has 5 rings (SSSR count). The average Bonchev–Trinajstić information content (AvgIpc) is 2.78. The number of imide groups is 1. The van der Waals surface area contributed by atoms with Crippen molar-refractivity contribution in [2.45, 2.75) is 12.8 Å². The predicted octanol–water partition coefficient (Wildman–Crippen LogP) is 3.18. The molecule has 0 radical (unpaired) electrons. The van der Waals surface area contributed by atoms with Crippen LogP contribution in [-0.4, -0.2) is 11.8 Å². The third-order valence-electron chi connectivity index (χ3n) is 4.92. The van der Waals surface area contributed by atoms with Crippen LogP contribution in [0.4, 0.5) is 10.1 Å². The predicted molar refractivity (Wildman–Crippen MR) is 76.2 cm³/mol. The monoisotopic (exact) mass is 305 g/mol. The maximum atomic E-state index is 13.3. The molecule has 0 N–H and O–H groups in total. The number of halogens is 2. The van der Waals surface area contributed by atoms with Crippen LogP contribution in [0, 0.1) is 29.5 Å². The minimum absolute atomic E-state index is 0.0796. The van der Waals surface area contributed by atoms with Gasteiger partial charge in [-0.15, -0.1) is 0 Å². The molecule has 1 heterocycles.